The summed E-state index contributed by atoms with van der Waals surface area (Å²) in [6.45, 7) is 2.15. The van der Waals surface area contributed by atoms with Crippen LogP contribution in [-0.4, -0.2) is 53.5 Å². The lowest BCUT2D eigenvalue weighted by atomic mass is 10.2. The summed E-state index contributed by atoms with van der Waals surface area (Å²) in [5.74, 6) is 0.416. The highest BCUT2D eigenvalue weighted by Gasteiger charge is 2.25. The zero-order chi connectivity index (χ0) is 17.6. The zero-order valence-corrected chi connectivity index (χ0v) is 14.5. The van der Waals surface area contributed by atoms with Crippen LogP contribution in [0.1, 0.15) is 16.8 Å². The normalized spacial score (nSPS) is 14.6. The number of thioether (sulfide) groups is 1. The molecule has 0 atom stereocenters. The zero-order valence-electron chi connectivity index (χ0n) is 13.7. The third-order valence-corrected chi connectivity index (χ3v) is 5.10. The van der Waals surface area contributed by atoms with Crippen LogP contribution >= 0.6 is 11.8 Å². The van der Waals surface area contributed by atoms with Gasteiger partial charge < -0.3 is 14.2 Å². The van der Waals surface area contributed by atoms with E-state index in [4.69, 9.17) is 4.42 Å². The molecule has 1 aliphatic rings. The van der Waals surface area contributed by atoms with Gasteiger partial charge in [-0.3, -0.25) is 9.59 Å². The van der Waals surface area contributed by atoms with Crippen LogP contribution in [0, 0.1) is 5.82 Å². The molecule has 0 radical (unpaired) electrons. The molecule has 7 heteroatoms. The van der Waals surface area contributed by atoms with Crippen molar-refractivity contribution >= 4 is 23.6 Å². The van der Waals surface area contributed by atoms with Gasteiger partial charge in [0.15, 0.2) is 0 Å². The van der Waals surface area contributed by atoms with Gasteiger partial charge in [-0.25, -0.2) is 4.39 Å². The lowest BCUT2D eigenvalue weighted by molar-refractivity contribution is -0.132. The quantitative estimate of drug-likeness (QED) is 0.768. The van der Waals surface area contributed by atoms with Crippen LogP contribution in [0.15, 0.2) is 52.2 Å². The van der Waals surface area contributed by atoms with Crippen molar-refractivity contribution in [2.24, 2.45) is 0 Å². The Morgan fingerprint density at radius 2 is 1.72 bits per heavy atom. The predicted molar refractivity (Wildman–Crippen MR) is 92.9 cm³/mol. The fraction of sp³-hybridized carbons (Fsp3) is 0.333. The van der Waals surface area contributed by atoms with Gasteiger partial charge in [-0.05, 0) is 30.3 Å². The number of nitrogens with zero attached hydrogens (tertiary/aromatic N) is 2. The smallest absolute Gasteiger partial charge is 0.257 e. The maximum absolute atomic E-state index is 12.9. The van der Waals surface area contributed by atoms with Gasteiger partial charge in [0.1, 0.15) is 12.1 Å². The van der Waals surface area contributed by atoms with Gasteiger partial charge in [0.2, 0.25) is 5.91 Å². The first kappa shape index (κ1) is 17.5. The number of benzene rings is 1. The van der Waals surface area contributed by atoms with Crippen molar-refractivity contribution in [2.75, 3.05) is 31.9 Å². The number of carbonyl (C=O) groups is 2. The van der Waals surface area contributed by atoms with Crippen molar-refractivity contribution in [2.45, 2.75) is 11.3 Å². The molecule has 1 aromatic heterocycles. The average Bonchev–Trinajstić information content (AvgIpc) is 3.17. The highest BCUT2D eigenvalue weighted by atomic mass is 32.2. The first-order chi connectivity index (χ1) is 12.1. The number of rotatable bonds is 5. The third kappa shape index (κ3) is 4.63. The Morgan fingerprint density at radius 1 is 1.04 bits per heavy atom. The largest absolute Gasteiger partial charge is 0.472 e. The van der Waals surface area contributed by atoms with E-state index in [-0.39, 0.29) is 17.6 Å². The first-order valence-electron chi connectivity index (χ1n) is 8.11. The number of hydrogen-bond acceptors (Lipinski definition) is 4. The van der Waals surface area contributed by atoms with Crippen LogP contribution in [0.2, 0.25) is 0 Å². The molecule has 1 saturated heterocycles. The van der Waals surface area contributed by atoms with Gasteiger partial charge in [-0.2, -0.15) is 0 Å². The molecule has 25 heavy (non-hydrogen) atoms. The lowest BCUT2D eigenvalue weighted by Crippen LogP contribution is -2.50. The molecule has 5 nitrogen and oxygen atoms in total. The van der Waals surface area contributed by atoms with Crippen molar-refractivity contribution in [3.05, 3.63) is 54.2 Å². The van der Waals surface area contributed by atoms with E-state index in [1.54, 1.807) is 28.0 Å². The van der Waals surface area contributed by atoms with Crippen LogP contribution in [0.3, 0.4) is 0 Å². The Kier molecular flexibility index (Phi) is 5.75. The van der Waals surface area contributed by atoms with Gasteiger partial charge in [0.05, 0.1) is 11.8 Å². The van der Waals surface area contributed by atoms with E-state index in [1.807, 2.05) is 0 Å². The summed E-state index contributed by atoms with van der Waals surface area (Å²) < 4.78 is 17.8. The monoisotopic (exact) mass is 362 g/mol. The summed E-state index contributed by atoms with van der Waals surface area (Å²) in [4.78, 5) is 29.0. The van der Waals surface area contributed by atoms with E-state index in [0.29, 0.717) is 43.9 Å². The number of carbonyl (C=O) groups excluding carboxylic acids is 2. The number of piperazine rings is 1. The predicted octanol–water partition coefficient (Wildman–Crippen LogP) is 2.89. The second kappa shape index (κ2) is 8.20. The second-order valence-electron chi connectivity index (χ2n) is 5.74. The van der Waals surface area contributed by atoms with Crippen molar-refractivity contribution in [3.63, 3.8) is 0 Å². The molecule has 0 N–H and O–H groups in total. The van der Waals surface area contributed by atoms with Crippen molar-refractivity contribution in [1.29, 1.82) is 0 Å². The van der Waals surface area contributed by atoms with Crippen LogP contribution in [-0.2, 0) is 4.79 Å². The Labute approximate surface area is 149 Å². The maximum Gasteiger partial charge on any atom is 0.257 e. The van der Waals surface area contributed by atoms with Crippen LogP contribution < -0.4 is 0 Å². The van der Waals surface area contributed by atoms with Crippen molar-refractivity contribution in [1.82, 2.24) is 9.80 Å². The van der Waals surface area contributed by atoms with Gasteiger partial charge in [-0.1, -0.05) is 0 Å². The number of hydrogen-bond donors (Lipinski definition) is 0. The standard InChI is InChI=1S/C18H19FN2O3S/c19-15-1-3-16(4-2-15)25-12-6-17(22)20-7-9-21(10-8-20)18(23)14-5-11-24-13-14/h1-5,11,13H,6-10,12H2. The van der Waals surface area contributed by atoms with Crippen LogP contribution in [0.25, 0.3) is 0 Å². The Morgan fingerprint density at radius 3 is 2.36 bits per heavy atom. The van der Waals surface area contributed by atoms with Gasteiger partial charge in [-0.15, -0.1) is 11.8 Å². The molecule has 2 amide bonds. The minimum absolute atomic E-state index is 0.0623. The second-order valence-corrected chi connectivity index (χ2v) is 6.91. The topological polar surface area (TPSA) is 53.8 Å². The van der Waals surface area contributed by atoms with E-state index in [1.165, 1.54) is 36.4 Å². The van der Waals surface area contributed by atoms with Crippen LogP contribution in [0.4, 0.5) is 4.39 Å². The summed E-state index contributed by atoms with van der Waals surface area (Å²) >= 11 is 1.54. The maximum atomic E-state index is 12.9. The molecular formula is C18H19FN2O3S. The minimum atomic E-state index is -0.261. The number of amides is 2. The molecule has 1 aromatic carbocycles. The fourth-order valence-electron chi connectivity index (χ4n) is 2.67. The number of halogens is 1. The molecule has 132 valence electrons. The highest BCUT2D eigenvalue weighted by Crippen LogP contribution is 2.19. The lowest BCUT2D eigenvalue weighted by Gasteiger charge is -2.34. The van der Waals surface area contributed by atoms with Gasteiger partial charge >= 0.3 is 0 Å². The molecule has 1 fully saturated rings. The fourth-order valence-corrected chi connectivity index (χ4v) is 3.51. The van der Waals surface area contributed by atoms with E-state index in [2.05, 4.69) is 0 Å². The van der Waals surface area contributed by atoms with E-state index in [0.717, 1.165) is 4.90 Å². The summed E-state index contributed by atoms with van der Waals surface area (Å²) in [6.07, 6.45) is 3.34. The Balaban J connectivity index is 1.41. The summed E-state index contributed by atoms with van der Waals surface area (Å²) in [6, 6.07) is 7.91. The molecule has 0 spiro atoms. The molecule has 0 bridgehead atoms. The van der Waals surface area contributed by atoms with E-state index in [9.17, 15) is 14.0 Å². The van der Waals surface area contributed by atoms with Crippen molar-refractivity contribution in [3.8, 4) is 0 Å². The summed E-state index contributed by atoms with van der Waals surface area (Å²) in [5.41, 5.74) is 0.537. The molecule has 0 unspecified atom stereocenters. The summed E-state index contributed by atoms with van der Waals surface area (Å²) in [7, 11) is 0. The molecule has 0 saturated carbocycles. The first-order valence-corrected chi connectivity index (χ1v) is 9.09. The van der Waals surface area contributed by atoms with E-state index < -0.39 is 0 Å². The van der Waals surface area contributed by atoms with E-state index >= 15 is 0 Å². The number of furan rings is 1. The Hall–Kier alpha value is -2.28. The molecule has 3 rings (SSSR count). The molecule has 0 aliphatic carbocycles. The highest BCUT2D eigenvalue weighted by molar-refractivity contribution is 7.99. The third-order valence-electron chi connectivity index (χ3n) is 4.09. The SMILES string of the molecule is O=C(CCSc1ccc(F)cc1)N1CCN(C(=O)c2ccoc2)CC1. The molecule has 1 aliphatic heterocycles. The molecular weight excluding hydrogens is 343 g/mol. The Bertz CT molecular complexity index is 710. The molecule has 2 heterocycles. The average molecular weight is 362 g/mol. The van der Waals surface area contributed by atoms with Crippen LogP contribution in [0.5, 0.6) is 0 Å². The van der Waals surface area contributed by atoms with Crippen molar-refractivity contribution < 1.29 is 18.4 Å². The molecule has 2 aromatic rings. The van der Waals surface area contributed by atoms with Gasteiger partial charge in [0.25, 0.3) is 5.91 Å². The van der Waals surface area contributed by atoms with Gasteiger partial charge in [0, 0.05) is 43.2 Å². The summed E-state index contributed by atoms with van der Waals surface area (Å²) in [5, 5.41) is 0. The minimum Gasteiger partial charge on any atom is -0.472 e.